The summed E-state index contributed by atoms with van der Waals surface area (Å²) in [5.74, 6) is 0.869. The predicted octanol–water partition coefficient (Wildman–Crippen LogP) is 7.82. The second kappa shape index (κ2) is 21.3. The highest BCUT2D eigenvalue weighted by Gasteiger charge is 2.04. The first-order valence-electron chi connectivity index (χ1n) is 7.82. The number of alkyl halides is 4. The number of phenolic OH excluding ortho intramolecular Hbond substituents is 1. The Morgan fingerprint density at radius 1 is 0.933 bits per heavy atom. The molecule has 12 heteroatoms. The Hall–Kier alpha value is 0.425. The molecule has 0 heterocycles. The van der Waals surface area contributed by atoms with E-state index in [1.807, 2.05) is 6.07 Å². The number of benzene rings is 2. The molecule has 0 spiro atoms. The van der Waals surface area contributed by atoms with E-state index in [1.165, 1.54) is 12.1 Å². The lowest BCUT2D eigenvalue weighted by Gasteiger charge is -2.00. The number of Topliss-reactive ketones (excluding diaryl/α,β-unsaturated/α-hetero) is 2. The minimum atomic E-state index is -0.0269. The van der Waals surface area contributed by atoms with Crippen molar-refractivity contribution in [3.05, 3.63) is 59.7 Å². The maximum absolute atomic E-state index is 11.2. The maximum Gasteiger partial charge on any atom is 0.369 e. The third-order valence-corrected chi connectivity index (χ3v) is 3.82. The molecule has 0 fully saturated rings. The van der Waals surface area contributed by atoms with E-state index in [9.17, 15) is 9.59 Å². The summed E-state index contributed by atoms with van der Waals surface area (Å²) >= 11 is 25.0. The Morgan fingerprint density at radius 3 is 1.70 bits per heavy atom. The van der Waals surface area contributed by atoms with Gasteiger partial charge in [0.05, 0.1) is 23.1 Å². The van der Waals surface area contributed by atoms with Gasteiger partial charge in [0.25, 0.3) is 0 Å². The largest absolute Gasteiger partial charge is 0.508 e. The zero-order chi connectivity index (χ0) is 23.5. The van der Waals surface area contributed by atoms with E-state index in [4.69, 9.17) is 33.0 Å². The zero-order valence-corrected chi connectivity index (χ0v) is 25.1. The number of carbonyl (C=O) groups excluding carboxylic acids is 2. The maximum atomic E-state index is 11.2. The number of carbonyl (C=O) groups is 2. The number of aromatic hydroxyl groups is 1. The minimum absolute atomic E-state index is 0.0269. The van der Waals surface area contributed by atoms with Gasteiger partial charge in [-0.15, -0.1) is 70.5 Å². The predicted molar refractivity (Wildman–Crippen MR) is 146 cm³/mol. The van der Waals surface area contributed by atoms with Crippen LogP contribution in [0.3, 0.4) is 0 Å². The third-order valence-electron chi connectivity index (χ3n) is 2.80. The molecule has 2 aromatic rings. The van der Waals surface area contributed by atoms with Crippen molar-refractivity contribution >= 4 is 117 Å². The summed E-state index contributed by atoms with van der Waals surface area (Å²) in [5, 5.41) is 9.82. The van der Waals surface area contributed by atoms with Crippen LogP contribution in [-0.4, -0.2) is 43.0 Å². The molecular formula is C18H18BBr5Cl2O4. The van der Waals surface area contributed by atoms with Crippen LogP contribution in [0.25, 0.3) is 0 Å². The van der Waals surface area contributed by atoms with Crippen molar-refractivity contribution in [1.29, 1.82) is 0 Å². The molecule has 0 aliphatic carbocycles. The van der Waals surface area contributed by atoms with Gasteiger partial charge >= 0.3 is 3.18 Å². The van der Waals surface area contributed by atoms with Gasteiger partial charge in [-0.3, -0.25) is 9.59 Å². The van der Waals surface area contributed by atoms with Crippen molar-refractivity contribution in [2.75, 3.05) is 23.1 Å². The Bertz CT molecular complexity index is 751. The fourth-order valence-corrected chi connectivity index (χ4v) is 2.28. The summed E-state index contributed by atoms with van der Waals surface area (Å²) in [7, 11) is 1.58. The van der Waals surface area contributed by atoms with E-state index >= 15 is 0 Å². The van der Waals surface area contributed by atoms with Crippen LogP contribution >= 0.6 is 102 Å². The summed E-state index contributed by atoms with van der Waals surface area (Å²) < 4.78 is 5.25. The van der Waals surface area contributed by atoms with Gasteiger partial charge in [0.2, 0.25) is 0 Å². The number of halogens is 7. The van der Waals surface area contributed by atoms with Gasteiger partial charge in [-0.25, -0.2) is 0 Å². The van der Waals surface area contributed by atoms with Gasteiger partial charge in [-0.05, 0) is 24.3 Å². The van der Waals surface area contributed by atoms with Crippen molar-refractivity contribution in [2.24, 2.45) is 0 Å². The normalized spacial score (nSPS) is 8.80. The van der Waals surface area contributed by atoms with Crippen LogP contribution in [-0.2, 0) is 0 Å². The Kier molecular flexibility index (Phi) is 23.1. The third kappa shape index (κ3) is 18.0. The van der Waals surface area contributed by atoms with Crippen LogP contribution in [0.4, 0.5) is 0 Å². The summed E-state index contributed by atoms with van der Waals surface area (Å²) in [6.07, 6.45) is 0. The summed E-state index contributed by atoms with van der Waals surface area (Å²) in [6, 6.07) is 13.4. The van der Waals surface area contributed by atoms with E-state index in [-0.39, 0.29) is 31.2 Å². The van der Waals surface area contributed by atoms with Crippen LogP contribution < -0.4 is 4.74 Å². The minimum Gasteiger partial charge on any atom is -0.508 e. The SMILES string of the molecule is BrB(Br)Br.COc1cccc(C(=O)CBr)c1.ClCCl.O=C(CBr)c1cccc(O)c1. The molecule has 2 aromatic carbocycles. The average Bonchev–Trinajstić information content (AvgIpc) is 2.73. The molecule has 0 unspecified atom stereocenters. The Labute approximate surface area is 228 Å². The summed E-state index contributed by atoms with van der Waals surface area (Å²) in [6.45, 7) is 0. The monoisotopic (exact) mass is 774 g/mol. The molecule has 0 amide bonds. The van der Waals surface area contributed by atoms with Crippen molar-refractivity contribution in [3.63, 3.8) is 0 Å². The lowest BCUT2D eigenvalue weighted by molar-refractivity contribution is 0.101. The van der Waals surface area contributed by atoms with Gasteiger partial charge in [0.1, 0.15) is 11.5 Å². The summed E-state index contributed by atoms with van der Waals surface area (Å²) in [4.78, 5) is 22.2. The zero-order valence-electron chi connectivity index (χ0n) is 15.6. The topological polar surface area (TPSA) is 63.6 Å². The molecule has 0 radical (unpaired) electrons. The van der Waals surface area contributed by atoms with Gasteiger partial charge < -0.3 is 9.84 Å². The van der Waals surface area contributed by atoms with Gasteiger partial charge in [-0.2, -0.15) is 0 Å². The van der Waals surface area contributed by atoms with Crippen LogP contribution in [0.5, 0.6) is 11.5 Å². The fourth-order valence-electron chi connectivity index (χ4n) is 1.63. The molecule has 0 saturated carbocycles. The molecule has 0 atom stereocenters. The molecule has 30 heavy (non-hydrogen) atoms. The van der Waals surface area contributed by atoms with Crippen molar-refractivity contribution in [3.8, 4) is 11.5 Å². The van der Waals surface area contributed by atoms with E-state index in [0.29, 0.717) is 22.2 Å². The number of hydrogen-bond donors (Lipinski definition) is 1. The summed E-state index contributed by atoms with van der Waals surface area (Å²) in [5.41, 5.74) is 1.20. The molecule has 0 saturated heterocycles. The standard InChI is InChI=1S/C9H9BrO2.C8H7BrO2.CH2Cl2.BBr3/c1-12-8-4-2-3-7(5-8)9(11)6-10;9-5-8(11)6-2-1-3-7(10)4-6;2-1-3;2-1(3)4/h2-5H,6H2,1H3;1-4,10H,5H2;1H2;. The molecule has 2 rings (SSSR count). The number of hydrogen-bond acceptors (Lipinski definition) is 4. The highest BCUT2D eigenvalue weighted by atomic mass is 79.9. The Morgan fingerprint density at radius 2 is 1.33 bits per heavy atom. The number of rotatable bonds is 5. The van der Waals surface area contributed by atoms with Crippen LogP contribution in [0.15, 0.2) is 48.5 Å². The van der Waals surface area contributed by atoms with Gasteiger partial charge in [0, 0.05) is 11.1 Å². The highest BCUT2D eigenvalue weighted by molar-refractivity contribution is 9.69. The Balaban J connectivity index is 0. The first-order valence-corrected chi connectivity index (χ1v) is 13.9. The first-order chi connectivity index (χ1) is 14.2. The van der Waals surface area contributed by atoms with Gasteiger partial charge in [-0.1, -0.05) is 56.1 Å². The molecule has 0 bridgehead atoms. The molecule has 1 N–H and O–H groups in total. The lowest BCUT2D eigenvalue weighted by Crippen LogP contribution is -1.99. The first kappa shape index (κ1) is 32.6. The van der Waals surface area contributed by atoms with E-state index < -0.39 is 0 Å². The van der Waals surface area contributed by atoms with Crippen molar-refractivity contribution in [1.82, 2.24) is 0 Å². The number of phenols is 1. The number of ketones is 2. The van der Waals surface area contributed by atoms with Crippen molar-refractivity contribution in [2.45, 2.75) is 0 Å². The molecule has 0 aliphatic heterocycles. The molecule has 4 nitrogen and oxygen atoms in total. The van der Waals surface area contributed by atoms with Crippen LogP contribution in [0.2, 0.25) is 0 Å². The molecule has 0 aliphatic rings. The number of methoxy groups -OCH3 is 1. The second-order valence-corrected chi connectivity index (χ2v) is 13.1. The smallest absolute Gasteiger partial charge is 0.369 e. The molecule has 166 valence electrons. The molecular weight excluding hydrogens is 761 g/mol. The van der Waals surface area contributed by atoms with E-state index in [2.05, 4.69) is 79.1 Å². The van der Waals surface area contributed by atoms with E-state index in [1.54, 1.807) is 37.4 Å². The quantitative estimate of drug-likeness (QED) is 0.191. The molecule has 0 aromatic heterocycles. The average molecular weight is 780 g/mol. The van der Waals surface area contributed by atoms with Crippen molar-refractivity contribution < 1.29 is 19.4 Å². The second-order valence-electron chi connectivity index (χ2n) is 4.74. The lowest BCUT2D eigenvalue weighted by atomic mass is 10.1. The van der Waals surface area contributed by atoms with Crippen LogP contribution in [0, 0.1) is 0 Å². The highest BCUT2D eigenvalue weighted by Crippen LogP contribution is 2.13. The van der Waals surface area contributed by atoms with E-state index in [0.717, 1.165) is 0 Å². The fraction of sp³-hybridized carbons (Fsp3) is 0.222. The van der Waals surface area contributed by atoms with Gasteiger partial charge in [0.15, 0.2) is 11.6 Å². The number of ether oxygens (including phenoxy) is 1. The van der Waals surface area contributed by atoms with Crippen LogP contribution in [0.1, 0.15) is 20.7 Å².